The normalized spacial score (nSPS) is 12.4. The van der Waals surface area contributed by atoms with Gasteiger partial charge >= 0.3 is 18.1 Å². The maximum atomic E-state index is 13.4. The number of hydrogen-bond acceptors (Lipinski definition) is 9. The van der Waals surface area contributed by atoms with Gasteiger partial charge in [-0.1, -0.05) is 12.1 Å². The van der Waals surface area contributed by atoms with Crippen LogP contribution in [0.4, 0.5) is 13.2 Å². The van der Waals surface area contributed by atoms with Crippen LogP contribution in [-0.4, -0.2) is 58.9 Å². The molecule has 0 aliphatic carbocycles. The first-order chi connectivity index (χ1) is 19.1. The molecule has 0 aromatic heterocycles. The number of carbonyl (C=O) groups excluding carboxylic acids is 2. The van der Waals surface area contributed by atoms with Gasteiger partial charge in [0.15, 0.2) is 0 Å². The van der Waals surface area contributed by atoms with Gasteiger partial charge in [-0.2, -0.15) is 17.9 Å². The molecule has 2 aromatic rings. The Bertz CT molecular complexity index is 1370. The molecular formula is C25H31F3N4O8S. The van der Waals surface area contributed by atoms with Crippen molar-refractivity contribution in [1.29, 1.82) is 5.41 Å². The maximum absolute atomic E-state index is 13.4. The second-order valence-electron chi connectivity index (χ2n) is 8.77. The minimum Gasteiger partial charge on any atom is -0.496 e. The van der Waals surface area contributed by atoms with Gasteiger partial charge in [-0.3, -0.25) is 10.2 Å². The molecule has 0 saturated carbocycles. The van der Waals surface area contributed by atoms with E-state index in [1.807, 2.05) is 0 Å². The molecule has 41 heavy (non-hydrogen) atoms. The Hall–Kier alpha value is -3.89. The lowest BCUT2D eigenvalue weighted by molar-refractivity contribution is -0.202. The monoisotopic (exact) mass is 604 g/mol. The van der Waals surface area contributed by atoms with E-state index in [1.54, 1.807) is 6.92 Å². The number of sulfonamides is 1. The third-order valence-corrected chi connectivity index (χ3v) is 7.44. The third-order valence-electron chi connectivity index (χ3n) is 5.68. The number of rotatable bonds is 13. The van der Waals surface area contributed by atoms with Gasteiger partial charge in [0.25, 0.3) is 0 Å². The van der Waals surface area contributed by atoms with Gasteiger partial charge in [0.2, 0.25) is 16.0 Å². The second-order valence-corrected chi connectivity index (χ2v) is 10.4. The quantitative estimate of drug-likeness (QED) is 0.0662. The fourth-order valence-electron chi connectivity index (χ4n) is 3.69. The van der Waals surface area contributed by atoms with Gasteiger partial charge < -0.3 is 19.9 Å². The zero-order valence-electron chi connectivity index (χ0n) is 22.7. The molecule has 0 bridgehead atoms. The number of esters is 2. The number of benzene rings is 2. The van der Waals surface area contributed by atoms with Crippen molar-refractivity contribution < 1.29 is 50.2 Å². The Morgan fingerprint density at radius 1 is 1.07 bits per heavy atom. The summed E-state index contributed by atoms with van der Waals surface area (Å²) >= 11 is 0. The molecule has 0 unspecified atom stereocenters. The largest absolute Gasteiger partial charge is 0.496 e. The van der Waals surface area contributed by atoms with E-state index in [-0.39, 0.29) is 29.6 Å². The number of nitrogens with two attached hydrogens (primary N) is 1. The number of nitrogens with one attached hydrogen (secondary N) is 3. The van der Waals surface area contributed by atoms with Gasteiger partial charge in [-0.15, -0.1) is 0 Å². The Morgan fingerprint density at radius 2 is 1.71 bits per heavy atom. The summed E-state index contributed by atoms with van der Waals surface area (Å²) in [5.41, 5.74) is 8.65. The second kappa shape index (κ2) is 14.1. The Balaban J connectivity index is 2.26. The minimum atomic E-state index is -5.47. The van der Waals surface area contributed by atoms with Crippen LogP contribution >= 0.6 is 0 Å². The number of aryl methyl sites for hydroxylation is 1. The SMILES string of the molecule is COc1cc(C)c(S(=O)(=O)N[C@@H](Cc2ccc(OCCCONC(=N)N)cc2)C(=O)OC(=O)C(F)(F)F)c(C)c1C. The predicted molar refractivity (Wildman–Crippen MR) is 140 cm³/mol. The first kappa shape index (κ1) is 33.3. The van der Waals surface area contributed by atoms with E-state index >= 15 is 0 Å². The zero-order chi connectivity index (χ0) is 31.0. The fraction of sp³-hybridized carbons (Fsp3) is 0.400. The van der Waals surface area contributed by atoms with Crippen molar-refractivity contribution in [1.82, 2.24) is 10.2 Å². The summed E-state index contributed by atoms with van der Waals surface area (Å²) in [4.78, 5) is 28.7. The van der Waals surface area contributed by atoms with Gasteiger partial charge in [-0.25, -0.2) is 23.5 Å². The molecule has 12 nitrogen and oxygen atoms in total. The standard InChI is InChI=1S/C25H31F3N4O8S/c1-14-12-20(37-4)15(2)16(3)21(14)41(35,36)32-19(22(33)40-23(34)25(26,27)28)13-17-6-8-18(9-7-17)38-10-5-11-39-31-24(29)30/h6-9,12,19,32H,5,10-11,13H2,1-4H3,(H4,29,30,31)/t19-/m0/s1. The summed E-state index contributed by atoms with van der Waals surface area (Å²) in [6, 6.07) is 5.54. The Labute approximate surface area is 234 Å². The van der Waals surface area contributed by atoms with E-state index in [1.165, 1.54) is 51.3 Å². The lowest BCUT2D eigenvalue weighted by Gasteiger charge is -2.21. The number of guanidine groups is 1. The van der Waals surface area contributed by atoms with Crippen LogP contribution in [0.15, 0.2) is 35.2 Å². The van der Waals surface area contributed by atoms with Crippen LogP contribution in [-0.2, 0) is 35.6 Å². The lowest BCUT2D eigenvalue weighted by atomic mass is 10.1. The molecule has 16 heteroatoms. The first-order valence-corrected chi connectivity index (χ1v) is 13.5. The highest BCUT2D eigenvalue weighted by Crippen LogP contribution is 2.31. The molecule has 0 aliphatic rings. The van der Waals surface area contributed by atoms with E-state index in [2.05, 4.69) is 14.9 Å². The fourth-order valence-corrected chi connectivity index (χ4v) is 5.40. The van der Waals surface area contributed by atoms with E-state index in [4.69, 9.17) is 25.5 Å². The van der Waals surface area contributed by atoms with Crippen molar-refractivity contribution >= 4 is 27.9 Å². The smallest absolute Gasteiger partial charge is 0.491 e. The lowest BCUT2D eigenvalue weighted by Crippen LogP contribution is -2.45. The number of hydrogen-bond donors (Lipinski definition) is 4. The summed E-state index contributed by atoms with van der Waals surface area (Å²) in [6.07, 6.45) is -5.47. The summed E-state index contributed by atoms with van der Waals surface area (Å²) in [6.45, 7) is 5.07. The molecule has 0 spiro atoms. The van der Waals surface area contributed by atoms with Crippen molar-refractivity contribution in [2.75, 3.05) is 20.3 Å². The zero-order valence-corrected chi connectivity index (χ0v) is 23.5. The summed E-state index contributed by atoms with van der Waals surface area (Å²) in [5.74, 6) is -4.02. The van der Waals surface area contributed by atoms with Crippen LogP contribution in [0.3, 0.4) is 0 Å². The van der Waals surface area contributed by atoms with Gasteiger partial charge in [-0.05, 0) is 67.6 Å². The molecular weight excluding hydrogens is 573 g/mol. The minimum absolute atomic E-state index is 0.193. The average Bonchev–Trinajstić information content (AvgIpc) is 2.87. The first-order valence-electron chi connectivity index (χ1n) is 12.0. The number of ether oxygens (including phenoxy) is 3. The highest BCUT2D eigenvalue weighted by atomic mass is 32.2. The molecule has 5 N–H and O–H groups in total. The summed E-state index contributed by atoms with van der Waals surface area (Å²) in [7, 11) is -3.09. The van der Waals surface area contributed by atoms with E-state index in [0.29, 0.717) is 34.6 Å². The van der Waals surface area contributed by atoms with Gasteiger partial charge in [0.1, 0.15) is 17.5 Å². The highest BCUT2D eigenvalue weighted by Gasteiger charge is 2.44. The number of methoxy groups -OCH3 is 1. The predicted octanol–water partition coefficient (Wildman–Crippen LogP) is 2.33. The van der Waals surface area contributed by atoms with Gasteiger partial charge in [0, 0.05) is 6.42 Å². The molecule has 0 radical (unpaired) electrons. The van der Waals surface area contributed by atoms with Crippen LogP contribution in [0.5, 0.6) is 11.5 Å². The topological polar surface area (TPSA) is 179 Å². The number of carbonyl (C=O) groups is 2. The van der Waals surface area contributed by atoms with Crippen LogP contribution in [0.25, 0.3) is 0 Å². The Kier molecular flexibility index (Phi) is 11.5. The molecule has 0 fully saturated rings. The summed E-state index contributed by atoms with van der Waals surface area (Å²) in [5, 5.41) is 6.97. The maximum Gasteiger partial charge on any atom is 0.491 e. The van der Waals surface area contributed by atoms with Gasteiger partial charge in [0.05, 0.1) is 25.2 Å². The van der Waals surface area contributed by atoms with Crippen LogP contribution in [0, 0.1) is 26.2 Å². The van der Waals surface area contributed by atoms with Crippen LogP contribution in [0.2, 0.25) is 0 Å². The van der Waals surface area contributed by atoms with Crippen molar-refractivity contribution in [2.45, 2.75) is 50.7 Å². The molecule has 2 aromatic carbocycles. The molecule has 0 saturated heterocycles. The van der Waals surface area contributed by atoms with Crippen molar-refractivity contribution in [2.24, 2.45) is 5.73 Å². The average molecular weight is 605 g/mol. The Morgan fingerprint density at radius 3 is 2.27 bits per heavy atom. The highest BCUT2D eigenvalue weighted by molar-refractivity contribution is 7.89. The number of halogens is 3. The molecule has 226 valence electrons. The summed E-state index contributed by atoms with van der Waals surface area (Å²) < 4.78 is 81.9. The van der Waals surface area contributed by atoms with E-state index in [0.717, 1.165) is 0 Å². The van der Waals surface area contributed by atoms with E-state index in [9.17, 15) is 31.2 Å². The van der Waals surface area contributed by atoms with Crippen molar-refractivity contribution in [3.63, 3.8) is 0 Å². The van der Waals surface area contributed by atoms with E-state index < -0.39 is 40.6 Å². The number of hydroxylamine groups is 1. The molecule has 0 amide bonds. The molecule has 2 rings (SSSR count). The van der Waals surface area contributed by atoms with Crippen LogP contribution < -0.4 is 25.4 Å². The van der Waals surface area contributed by atoms with Crippen molar-refractivity contribution in [3.8, 4) is 11.5 Å². The van der Waals surface area contributed by atoms with Crippen molar-refractivity contribution in [3.05, 3.63) is 52.6 Å². The number of alkyl halides is 3. The molecule has 1 atom stereocenters. The molecule has 0 heterocycles. The third kappa shape index (κ3) is 9.61. The van der Waals surface area contributed by atoms with Crippen LogP contribution in [0.1, 0.15) is 28.7 Å². The molecule has 0 aliphatic heterocycles.